The molecule has 0 fully saturated rings. The number of aldehydes is 1. The maximum atomic E-state index is 10.9. The highest BCUT2D eigenvalue weighted by atomic mass is 16.5. The number of rotatable bonds is 3. The number of aromatic amines is 1. The Morgan fingerprint density at radius 3 is 2.81 bits per heavy atom. The zero-order chi connectivity index (χ0) is 11.7. The summed E-state index contributed by atoms with van der Waals surface area (Å²) >= 11 is 0. The first-order valence-electron chi connectivity index (χ1n) is 4.53. The van der Waals surface area contributed by atoms with Crippen molar-refractivity contribution in [3.63, 3.8) is 0 Å². The number of ether oxygens (including phenoxy) is 1. The number of H-pyrrole nitrogens is 1. The molecule has 82 valence electrons. The lowest BCUT2D eigenvalue weighted by atomic mass is 10.1. The van der Waals surface area contributed by atoms with Gasteiger partial charge in [0.1, 0.15) is 5.75 Å². The zero-order valence-electron chi connectivity index (χ0n) is 8.44. The van der Waals surface area contributed by atoms with Crippen molar-refractivity contribution in [3.8, 4) is 5.75 Å². The van der Waals surface area contributed by atoms with E-state index in [1.165, 1.54) is 7.11 Å². The lowest BCUT2D eigenvalue weighted by Crippen LogP contribution is -2.23. The molecule has 0 radical (unpaired) electrons. The summed E-state index contributed by atoms with van der Waals surface area (Å²) in [6, 6.07) is 4.92. The van der Waals surface area contributed by atoms with Crippen molar-refractivity contribution in [2.45, 2.75) is 0 Å². The molecule has 0 aliphatic heterocycles. The normalized spacial score (nSPS) is 10.3. The van der Waals surface area contributed by atoms with Gasteiger partial charge in [-0.05, 0) is 18.2 Å². The van der Waals surface area contributed by atoms with E-state index in [1.54, 1.807) is 18.2 Å². The van der Waals surface area contributed by atoms with Crippen molar-refractivity contribution in [2.75, 3.05) is 7.11 Å². The minimum Gasteiger partial charge on any atom is -0.543 e. The third-order valence-electron chi connectivity index (χ3n) is 2.37. The van der Waals surface area contributed by atoms with E-state index < -0.39 is 5.97 Å². The zero-order valence-corrected chi connectivity index (χ0v) is 8.44. The Labute approximate surface area is 90.6 Å². The van der Waals surface area contributed by atoms with Gasteiger partial charge in [0.05, 0.1) is 18.8 Å². The number of carboxylic acids is 1. The van der Waals surface area contributed by atoms with Gasteiger partial charge in [0.2, 0.25) is 0 Å². The van der Waals surface area contributed by atoms with Gasteiger partial charge in [-0.1, -0.05) is 0 Å². The van der Waals surface area contributed by atoms with Crippen molar-refractivity contribution in [1.29, 1.82) is 0 Å². The Bertz CT molecular complexity index is 571. The van der Waals surface area contributed by atoms with Gasteiger partial charge in [0.25, 0.3) is 0 Å². The van der Waals surface area contributed by atoms with Crippen LogP contribution in [-0.2, 0) is 0 Å². The van der Waals surface area contributed by atoms with Crippen LogP contribution < -0.4 is 9.84 Å². The van der Waals surface area contributed by atoms with Crippen LogP contribution in [0.4, 0.5) is 0 Å². The third kappa shape index (κ3) is 1.42. The molecule has 0 bridgehead atoms. The van der Waals surface area contributed by atoms with E-state index in [-0.39, 0.29) is 11.3 Å². The minimum absolute atomic E-state index is 0.0777. The molecule has 2 rings (SSSR count). The first-order valence-corrected chi connectivity index (χ1v) is 4.53. The van der Waals surface area contributed by atoms with Crippen molar-refractivity contribution in [3.05, 3.63) is 29.5 Å². The van der Waals surface area contributed by atoms with Crippen LogP contribution in [0.2, 0.25) is 0 Å². The van der Waals surface area contributed by atoms with Crippen LogP contribution >= 0.6 is 0 Å². The monoisotopic (exact) mass is 218 g/mol. The van der Waals surface area contributed by atoms with E-state index >= 15 is 0 Å². The number of aromatic nitrogens is 1. The van der Waals surface area contributed by atoms with Crippen molar-refractivity contribution < 1.29 is 19.4 Å². The molecule has 0 saturated carbocycles. The highest BCUT2D eigenvalue weighted by Gasteiger charge is 2.11. The molecule has 1 aromatic heterocycles. The fourth-order valence-electron chi connectivity index (χ4n) is 1.60. The van der Waals surface area contributed by atoms with Gasteiger partial charge < -0.3 is 19.6 Å². The SMILES string of the molecule is COc1ccc2[nH]c(C(=O)[O-])c(C=O)c2c1. The Morgan fingerprint density at radius 1 is 1.50 bits per heavy atom. The number of hydrogen-bond donors (Lipinski definition) is 1. The fourth-order valence-corrected chi connectivity index (χ4v) is 1.60. The summed E-state index contributed by atoms with van der Waals surface area (Å²) in [5.41, 5.74) is 0.425. The molecule has 5 nitrogen and oxygen atoms in total. The van der Waals surface area contributed by atoms with E-state index in [1.807, 2.05) is 0 Å². The maximum absolute atomic E-state index is 10.9. The van der Waals surface area contributed by atoms with Gasteiger partial charge in [-0.25, -0.2) is 0 Å². The molecule has 0 spiro atoms. The summed E-state index contributed by atoms with van der Waals surface area (Å²) < 4.78 is 5.00. The molecule has 0 aliphatic rings. The number of aromatic carboxylic acids is 1. The maximum Gasteiger partial charge on any atom is 0.152 e. The van der Waals surface area contributed by atoms with Gasteiger partial charge in [0, 0.05) is 16.5 Å². The van der Waals surface area contributed by atoms with Crippen molar-refractivity contribution in [2.24, 2.45) is 0 Å². The van der Waals surface area contributed by atoms with Crippen molar-refractivity contribution in [1.82, 2.24) is 4.98 Å². The molecule has 2 aromatic rings. The Balaban J connectivity index is 2.78. The molecule has 0 saturated heterocycles. The molecule has 1 N–H and O–H groups in total. The summed E-state index contributed by atoms with van der Waals surface area (Å²) in [7, 11) is 1.49. The van der Waals surface area contributed by atoms with Gasteiger partial charge >= 0.3 is 0 Å². The Kier molecular flexibility index (Phi) is 2.36. The van der Waals surface area contributed by atoms with Crippen LogP contribution in [-0.4, -0.2) is 24.3 Å². The summed E-state index contributed by atoms with van der Waals surface area (Å²) in [6.07, 6.45) is 0.489. The number of benzene rings is 1. The molecular formula is C11H8NO4-. The number of fused-ring (bicyclic) bond motifs is 1. The summed E-state index contributed by atoms with van der Waals surface area (Å²) in [5, 5.41) is 11.3. The molecule has 0 atom stereocenters. The highest BCUT2D eigenvalue weighted by molar-refractivity contribution is 6.07. The lowest BCUT2D eigenvalue weighted by Gasteiger charge is -1.99. The predicted octanol–water partition coefficient (Wildman–Crippen LogP) is 0.353. The topological polar surface area (TPSA) is 82.2 Å². The van der Waals surface area contributed by atoms with Crippen LogP contribution in [0.25, 0.3) is 10.9 Å². The second-order valence-electron chi connectivity index (χ2n) is 3.23. The van der Waals surface area contributed by atoms with Crippen LogP contribution in [0.5, 0.6) is 5.75 Å². The van der Waals surface area contributed by atoms with E-state index in [4.69, 9.17) is 4.74 Å². The Morgan fingerprint density at radius 2 is 2.25 bits per heavy atom. The largest absolute Gasteiger partial charge is 0.543 e. The molecule has 1 aromatic carbocycles. The van der Waals surface area contributed by atoms with Crippen LogP contribution in [0, 0.1) is 0 Å². The number of carbonyl (C=O) groups is 2. The molecule has 0 aliphatic carbocycles. The molecule has 0 amide bonds. The molecule has 16 heavy (non-hydrogen) atoms. The molecule has 0 unspecified atom stereocenters. The summed E-state index contributed by atoms with van der Waals surface area (Å²) in [6.45, 7) is 0. The number of nitrogens with one attached hydrogen (secondary N) is 1. The number of methoxy groups -OCH3 is 1. The van der Waals surface area contributed by atoms with E-state index in [0.29, 0.717) is 22.9 Å². The smallest absolute Gasteiger partial charge is 0.152 e. The summed E-state index contributed by atoms with van der Waals surface area (Å²) in [4.78, 5) is 24.2. The molecule has 1 heterocycles. The molecule has 5 heteroatoms. The molecular weight excluding hydrogens is 210 g/mol. The second kappa shape index (κ2) is 3.69. The minimum atomic E-state index is -1.41. The average molecular weight is 218 g/mol. The average Bonchev–Trinajstić information content (AvgIpc) is 2.66. The van der Waals surface area contributed by atoms with Crippen molar-refractivity contribution >= 4 is 23.2 Å². The van der Waals surface area contributed by atoms with Gasteiger partial charge in [-0.15, -0.1) is 0 Å². The van der Waals surface area contributed by atoms with Crippen LogP contribution in [0.15, 0.2) is 18.2 Å². The second-order valence-corrected chi connectivity index (χ2v) is 3.23. The van der Waals surface area contributed by atoms with Gasteiger partial charge in [-0.2, -0.15) is 0 Å². The predicted molar refractivity (Wildman–Crippen MR) is 54.6 cm³/mol. The number of hydrogen-bond acceptors (Lipinski definition) is 4. The van der Waals surface area contributed by atoms with Crippen LogP contribution in [0.1, 0.15) is 20.8 Å². The summed E-state index contributed by atoms with van der Waals surface area (Å²) in [5.74, 6) is -0.850. The van der Waals surface area contributed by atoms with E-state index in [0.717, 1.165) is 0 Å². The van der Waals surface area contributed by atoms with E-state index in [9.17, 15) is 14.7 Å². The third-order valence-corrected chi connectivity index (χ3v) is 2.37. The lowest BCUT2D eigenvalue weighted by molar-refractivity contribution is -0.255. The highest BCUT2D eigenvalue weighted by Crippen LogP contribution is 2.25. The van der Waals surface area contributed by atoms with Crippen LogP contribution in [0.3, 0.4) is 0 Å². The first-order chi connectivity index (χ1) is 7.67. The standard InChI is InChI=1S/C11H9NO4/c1-16-6-2-3-9-7(4-6)8(5-13)10(12-9)11(14)15/h2-5,12H,1H3,(H,14,15)/p-1. The number of carbonyl (C=O) groups excluding carboxylic acids is 2. The quantitative estimate of drug-likeness (QED) is 0.753. The van der Waals surface area contributed by atoms with Gasteiger partial charge in [0.15, 0.2) is 6.29 Å². The van der Waals surface area contributed by atoms with E-state index in [2.05, 4.69) is 4.98 Å². The Hall–Kier alpha value is -2.30. The first kappa shape index (κ1) is 10.2. The van der Waals surface area contributed by atoms with Gasteiger partial charge in [-0.3, -0.25) is 4.79 Å². The number of carboxylic acid groups (broad SMARTS) is 1. The fraction of sp³-hybridized carbons (Fsp3) is 0.0909.